The summed E-state index contributed by atoms with van der Waals surface area (Å²) in [7, 11) is -2.17. The molecule has 0 unspecified atom stereocenters. The van der Waals surface area contributed by atoms with Crippen LogP contribution in [0.5, 0.6) is 5.75 Å². The van der Waals surface area contributed by atoms with E-state index in [9.17, 15) is 8.42 Å². The third kappa shape index (κ3) is 3.41. The van der Waals surface area contributed by atoms with E-state index in [1.165, 1.54) is 25.6 Å². The Bertz CT molecular complexity index is 933. The van der Waals surface area contributed by atoms with Gasteiger partial charge in [0.2, 0.25) is 0 Å². The van der Waals surface area contributed by atoms with Gasteiger partial charge in [-0.15, -0.1) is 0 Å². The molecule has 1 aromatic heterocycles. The van der Waals surface area contributed by atoms with E-state index in [4.69, 9.17) is 9.15 Å². The summed E-state index contributed by atoms with van der Waals surface area (Å²) in [6.45, 7) is 1.88. The summed E-state index contributed by atoms with van der Waals surface area (Å²) in [6.07, 6.45) is 2.91. The third-order valence-corrected chi connectivity index (χ3v) is 4.81. The molecule has 1 heterocycles. The molecule has 0 spiro atoms. The summed E-state index contributed by atoms with van der Waals surface area (Å²) >= 11 is 0. The van der Waals surface area contributed by atoms with Gasteiger partial charge in [0.15, 0.2) is 12.2 Å². The highest BCUT2D eigenvalue weighted by molar-refractivity contribution is 7.92. The van der Waals surface area contributed by atoms with E-state index in [1.54, 1.807) is 30.5 Å². The molecule has 2 aromatic carbocycles. The molecule has 0 aliphatic carbocycles. The van der Waals surface area contributed by atoms with E-state index < -0.39 is 10.0 Å². The van der Waals surface area contributed by atoms with E-state index in [1.807, 2.05) is 13.0 Å². The molecule has 0 atom stereocenters. The van der Waals surface area contributed by atoms with Gasteiger partial charge in [-0.3, -0.25) is 4.72 Å². The van der Waals surface area contributed by atoms with Crippen LogP contribution in [-0.2, 0) is 10.0 Å². The minimum atomic E-state index is -3.69. The fourth-order valence-electron chi connectivity index (χ4n) is 2.31. The second kappa shape index (κ2) is 6.37. The number of oxazole rings is 1. The molecule has 0 aliphatic heterocycles. The predicted octanol–water partition coefficient (Wildman–Crippen LogP) is 3.46. The normalized spacial score (nSPS) is 11.2. The number of methoxy groups -OCH3 is 1. The van der Waals surface area contributed by atoms with Crippen LogP contribution in [0.15, 0.2) is 64.4 Å². The van der Waals surface area contributed by atoms with Crippen LogP contribution in [0.2, 0.25) is 0 Å². The van der Waals surface area contributed by atoms with Gasteiger partial charge in [-0.2, -0.15) is 0 Å². The minimum Gasteiger partial charge on any atom is -0.497 e. The van der Waals surface area contributed by atoms with Gasteiger partial charge < -0.3 is 9.15 Å². The number of sulfonamides is 1. The second-order valence-electron chi connectivity index (χ2n) is 5.23. The maximum absolute atomic E-state index is 12.5. The zero-order chi connectivity index (χ0) is 17.2. The van der Waals surface area contributed by atoms with Crippen LogP contribution in [0.1, 0.15) is 5.56 Å². The number of benzene rings is 2. The van der Waals surface area contributed by atoms with Crippen molar-refractivity contribution in [2.24, 2.45) is 0 Å². The van der Waals surface area contributed by atoms with Crippen LogP contribution in [0, 0.1) is 6.92 Å². The summed E-state index contributed by atoms with van der Waals surface area (Å²) in [4.78, 5) is 4.04. The number of anilines is 1. The highest BCUT2D eigenvalue weighted by atomic mass is 32.2. The lowest BCUT2D eigenvalue weighted by atomic mass is 10.1. The Balaban J connectivity index is 1.92. The zero-order valence-corrected chi connectivity index (χ0v) is 14.0. The monoisotopic (exact) mass is 344 g/mol. The Hall–Kier alpha value is -2.80. The fourth-order valence-corrected chi connectivity index (χ4v) is 3.35. The van der Waals surface area contributed by atoms with Crippen LogP contribution in [0.4, 0.5) is 5.69 Å². The number of aryl methyl sites for hydroxylation is 1. The third-order valence-electron chi connectivity index (χ3n) is 3.42. The predicted molar refractivity (Wildman–Crippen MR) is 90.5 cm³/mol. The molecule has 124 valence electrons. The lowest BCUT2D eigenvalue weighted by Gasteiger charge is -2.10. The van der Waals surface area contributed by atoms with E-state index in [0.29, 0.717) is 17.2 Å². The Morgan fingerprint density at radius 1 is 1.12 bits per heavy atom. The SMILES string of the molecule is COc1ccc(S(=O)(=O)Nc2cc(C)cc(-c3cnco3)c2)cc1. The van der Waals surface area contributed by atoms with E-state index in [0.717, 1.165) is 11.1 Å². The Labute approximate surface area is 140 Å². The lowest BCUT2D eigenvalue weighted by molar-refractivity contribution is 0.414. The van der Waals surface area contributed by atoms with E-state index in [-0.39, 0.29) is 4.90 Å². The van der Waals surface area contributed by atoms with E-state index >= 15 is 0 Å². The van der Waals surface area contributed by atoms with Crippen LogP contribution in [-0.4, -0.2) is 20.5 Å². The average molecular weight is 344 g/mol. The number of aromatic nitrogens is 1. The number of rotatable bonds is 5. The highest BCUT2D eigenvalue weighted by Gasteiger charge is 2.15. The number of nitrogens with zero attached hydrogens (tertiary/aromatic N) is 1. The van der Waals surface area contributed by atoms with Gasteiger partial charge in [0.05, 0.1) is 18.2 Å². The van der Waals surface area contributed by atoms with Gasteiger partial charge in [0, 0.05) is 11.3 Å². The van der Waals surface area contributed by atoms with Crippen molar-refractivity contribution in [3.63, 3.8) is 0 Å². The van der Waals surface area contributed by atoms with Crippen molar-refractivity contribution in [2.75, 3.05) is 11.8 Å². The van der Waals surface area contributed by atoms with Crippen molar-refractivity contribution >= 4 is 15.7 Å². The van der Waals surface area contributed by atoms with Gasteiger partial charge in [-0.05, 0) is 55.0 Å². The van der Waals surface area contributed by atoms with Gasteiger partial charge in [-0.25, -0.2) is 13.4 Å². The first-order valence-electron chi connectivity index (χ1n) is 7.15. The molecule has 0 saturated carbocycles. The molecule has 0 aliphatic rings. The largest absolute Gasteiger partial charge is 0.497 e. The first-order valence-corrected chi connectivity index (χ1v) is 8.64. The summed E-state index contributed by atoms with van der Waals surface area (Å²) in [5.74, 6) is 1.17. The van der Waals surface area contributed by atoms with Crippen molar-refractivity contribution in [1.29, 1.82) is 0 Å². The van der Waals surface area contributed by atoms with E-state index in [2.05, 4.69) is 9.71 Å². The quantitative estimate of drug-likeness (QED) is 0.766. The number of nitrogens with one attached hydrogen (secondary N) is 1. The van der Waals surface area contributed by atoms with Gasteiger partial charge in [0.1, 0.15) is 5.75 Å². The maximum atomic E-state index is 12.5. The minimum absolute atomic E-state index is 0.158. The molecule has 7 heteroatoms. The van der Waals surface area contributed by atoms with Crippen molar-refractivity contribution in [3.05, 3.63) is 60.6 Å². The van der Waals surface area contributed by atoms with Gasteiger partial charge >= 0.3 is 0 Å². The Morgan fingerprint density at radius 3 is 2.50 bits per heavy atom. The van der Waals surface area contributed by atoms with Crippen molar-refractivity contribution in [1.82, 2.24) is 4.98 Å². The molecule has 0 radical (unpaired) electrons. The second-order valence-corrected chi connectivity index (χ2v) is 6.92. The summed E-state index contributed by atoms with van der Waals surface area (Å²) in [6, 6.07) is 11.5. The first kappa shape index (κ1) is 16.1. The first-order chi connectivity index (χ1) is 11.5. The summed E-state index contributed by atoms with van der Waals surface area (Å²) in [5, 5.41) is 0. The van der Waals surface area contributed by atoms with Crippen LogP contribution in [0.25, 0.3) is 11.3 Å². The summed E-state index contributed by atoms with van der Waals surface area (Å²) in [5.41, 5.74) is 2.11. The number of ether oxygens (including phenoxy) is 1. The molecular weight excluding hydrogens is 328 g/mol. The van der Waals surface area contributed by atoms with Crippen molar-refractivity contribution in [3.8, 4) is 17.1 Å². The molecular formula is C17H16N2O4S. The van der Waals surface area contributed by atoms with Crippen molar-refractivity contribution < 1.29 is 17.6 Å². The Kier molecular flexibility index (Phi) is 4.26. The lowest BCUT2D eigenvalue weighted by Crippen LogP contribution is -2.13. The molecule has 6 nitrogen and oxygen atoms in total. The molecule has 0 amide bonds. The zero-order valence-electron chi connectivity index (χ0n) is 13.2. The number of hydrogen-bond donors (Lipinski definition) is 1. The molecule has 24 heavy (non-hydrogen) atoms. The average Bonchev–Trinajstić information content (AvgIpc) is 3.08. The molecule has 0 bridgehead atoms. The standard InChI is InChI=1S/C17H16N2O4S/c1-12-7-13(17-10-18-11-23-17)9-14(8-12)19-24(20,21)16-5-3-15(22-2)4-6-16/h3-11,19H,1-2H3. The van der Waals surface area contributed by atoms with Gasteiger partial charge in [0.25, 0.3) is 10.0 Å². The molecule has 0 fully saturated rings. The smallest absolute Gasteiger partial charge is 0.261 e. The molecule has 3 rings (SSSR count). The maximum Gasteiger partial charge on any atom is 0.261 e. The van der Waals surface area contributed by atoms with Crippen LogP contribution >= 0.6 is 0 Å². The molecule has 1 N–H and O–H groups in total. The summed E-state index contributed by atoms with van der Waals surface area (Å²) < 4.78 is 37.9. The molecule has 3 aromatic rings. The Morgan fingerprint density at radius 2 is 1.88 bits per heavy atom. The van der Waals surface area contributed by atoms with Crippen molar-refractivity contribution in [2.45, 2.75) is 11.8 Å². The van der Waals surface area contributed by atoms with Gasteiger partial charge in [-0.1, -0.05) is 0 Å². The fraction of sp³-hybridized carbons (Fsp3) is 0.118. The topological polar surface area (TPSA) is 81.4 Å². The van der Waals surface area contributed by atoms with Crippen LogP contribution in [0.3, 0.4) is 0 Å². The highest BCUT2D eigenvalue weighted by Crippen LogP contribution is 2.26. The number of hydrogen-bond acceptors (Lipinski definition) is 5. The van der Waals surface area contributed by atoms with Crippen LogP contribution < -0.4 is 9.46 Å². The molecule has 0 saturated heterocycles.